The van der Waals surface area contributed by atoms with Crippen molar-refractivity contribution in [3.8, 4) is 11.5 Å². The highest BCUT2D eigenvalue weighted by atomic mass is 32.2. The van der Waals surface area contributed by atoms with E-state index in [0.717, 1.165) is 12.3 Å². The number of sulfonamides is 2. The van der Waals surface area contributed by atoms with Crippen LogP contribution in [0.1, 0.15) is 20.8 Å². The number of amides is 1. The Morgan fingerprint density at radius 1 is 1.08 bits per heavy atom. The highest BCUT2D eigenvalue weighted by Gasteiger charge is 2.27. The van der Waals surface area contributed by atoms with Crippen LogP contribution in [0, 0.1) is 5.92 Å². The Labute approximate surface area is 211 Å². The lowest BCUT2D eigenvalue weighted by Gasteiger charge is -2.21. The molecule has 0 heterocycles. The first-order valence-corrected chi connectivity index (χ1v) is 14.5. The summed E-state index contributed by atoms with van der Waals surface area (Å²) in [6.07, 6.45) is 0.935. The second-order valence-corrected chi connectivity index (χ2v) is 12.1. The van der Waals surface area contributed by atoms with Crippen LogP contribution in [0.2, 0.25) is 0 Å². The molecule has 1 unspecified atom stereocenters. The molecule has 0 saturated carbocycles. The van der Waals surface area contributed by atoms with Gasteiger partial charge in [-0.1, -0.05) is 19.9 Å². The fraction of sp³-hybridized carbons (Fsp3) is 0.381. The average Bonchev–Trinajstić information content (AvgIpc) is 2.70. The molecular weight excluding hydrogens is 539 g/mol. The molecule has 2 aromatic carbocycles. The first-order valence-electron chi connectivity index (χ1n) is 10.5. The number of hydrogen-bond acceptors (Lipinski definition) is 7. The topological polar surface area (TPSA) is 140 Å². The number of hydrogen-bond donors (Lipinski definition) is 3. The van der Waals surface area contributed by atoms with E-state index >= 15 is 0 Å². The molecule has 200 valence electrons. The maximum absolute atomic E-state index is 13.1. The number of benzene rings is 2. The van der Waals surface area contributed by atoms with Gasteiger partial charge in [0.25, 0.3) is 10.0 Å². The van der Waals surface area contributed by atoms with Crippen molar-refractivity contribution in [3.05, 3.63) is 42.5 Å². The summed E-state index contributed by atoms with van der Waals surface area (Å²) in [5, 5.41) is 2.55. The summed E-state index contributed by atoms with van der Waals surface area (Å²) >= 11 is 0. The van der Waals surface area contributed by atoms with Crippen molar-refractivity contribution in [2.75, 3.05) is 22.9 Å². The van der Waals surface area contributed by atoms with Gasteiger partial charge in [0.2, 0.25) is 15.9 Å². The van der Waals surface area contributed by atoms with Crippen LogP contribution in [-0.4, -0.2) is 47.5 Å². The highest BCUT2D eigenvalue weighted by Crippen LogP contribution is 2.32. The van der Waals surface area contributed by atoms with Crippen molar-refractivity contribution in [1.29, 1.82) is 0 Å². The fourth-order valence-electron chi connectivity index (χ4n) is 3.01. The molecule has 2 aromatic rings. The Bertz CT molecular complexity index is 1300. The first kappa shape index (κ1) is 29.7. The Balaban J connectivity index is 2.32. The Kier molecular flexibility index (Phi) is 9.63. The Morgan fingerprint density at radius 2 is 1.75 bits per heavy atom. The van der Waals surface area contributed by atoms with Gasteiger partial charge < -0.3 is 14.8 Å². The number of anilines is 2. The molecule has 0 aliphatic carbocycles. The van der Waals surface area contributed by atoms with Gasteiger partial charge in [0.15, 0.2) is 0 Å². The van der Waals surface area contributed by atoms with Crippen molar-refractivity contribution in [1.82, 2.24) is 4.72 Å². The lowest BCUT2D eigenvalue weighted by Crippen LogP contribution is -2.46. The molecule has 10 nitrogen and oxygen atoms in total. The number of ether oxygens (including phenoxy) is 2. The third-order valence-corrected chi connectivity index (χ3v) is 6.65. The van der Waals surface area contributed by atoms with E-state index in [2.05, 4.69) is 19.5 Å². The van der Waals surface area contributed by atoms with E-state index < -0.39 is 37.8 Å². The maximum Gasteiger partial charge on any atom is 0.408 e. The van der Waals surface area contributed by atoms with Gasteiger partial charge in [0.05, 0.1) is 18.6 Å². The molecule has 0 radical (unpaired) electrons. The monoisotopic (exact) mass is 567 g/mol. The number of alkyl halides is 2. The molecule has 0 aliphatic rings. The molecule has 3 N–H and O–H groups in total. The molecule has 2 rings (SSSR count). The summed E-state index contributed by atoms with van der Waals surface area (Å²) in [4.78, 5) is 12.4. The van der Waals surface area contributed by atoms with Gasteiger partial charge in [-0.2, -0.15) is 8.78 Å². The zero-order chi connectivity index (χ0) is 27.3. The van der Waals surface area contributed by atoms with Gasteiger partial charge in [-0.05, 0) is 46.3 Å². The lowest BCUT2D eigenvalue weighted by atomic mass is 10.0. The normalized spacial score (nSPS) is 13.2. The van der Waals surface area contributed by atoms with Crippen LogP contribution < -0.4 is 24.2 Å². The Morgan fingerprint density at radius 3 is 2.31 bits per heavy atom. The van der Waals surface area contributed by atoms with Gasteiger partial charge in [-0.15, -0.1) is 0 Å². The van der Waals surface area contributed by atoms with Crippen LogP contribution in [0.15, 0.2) is 47.4 Å². The van der Waals surface area contributed by atoms with E-state index in [1.54, 1.807) is 20.8 Å². The molecule has 0 bridgehead atoms. The molecule has 0 fully saturated rings. The van der Waals surface area contributed by atoms with Gasteiger partial charge in [0, 0.05) is 17.8 Å². The molecule has 0 aromatic heterocycles. The second-order valence-electron chi connectivity index (χ2n) is 7.99. The quantitative estimate of drug-likeness (QED) is 0.335. The van der Waals surface area contributed by atoms with Crippen LogP contribution >= 0.6 is 9.24 Å². The second kappa shape index (κ2) is 11.7. The SMILES string of the molecule is CCOc1cc(NC(=O)[C@@H](NS(C)(=O)=O)C(C)C)ccc1S(=O)(=O)Nc1cccc(OC(F)(F)P)c1. The molecule has 0 saturated heterocycles. The van der Waals surface area contributed by atoms with Gasteiger partial charge in [-0.25, -0.2) is 21.6 Å². The minimum atomic E-state index is -4.25. The van der Waals surface area contributed by atoms with Crippen LogP contribution in [0.4, 0.5) is 20.2 Å². The van der Waals surface area contributed by atoms with Gasteiger partial charge >= 0.3 is 5.85 Å². The Hall–Kier alpha value is -2.54. The predicted octanol–water partition coefficient (Wildman–Crippen LogP) is 3.20. The third-order valence-electron chi connectivity index (χ3n) is 4.43. The summed E-state index contributed by atoms with van der Waals surface area (Å²) in [5.74, 6) is -4.91. The minimum Gasteiger partial charge on any atom is -0.492 e. The zero-order valence-corrected chi connectivity index (χ0v) is 22.7. The minimum absolute atomic E-state index is 0.0341. The van der Waals surface area contributed by atoms with E-state index in [9.17, 15) is 30.4 Å². The summed E-state index contributed by atoms with van der Waals surface area (Å²) in [5.41, 5.74) is 0.134. The summed E-state index contributed by atoms with van der Waals surface area (Å²) in [6, 6.07) is 7.72. The van der Waals surface area contributed by atoms with E-state index in [1.807, 2.05) is 0 Å². The molecule has 0 spiro atoms. The van der Waals surface area contributed by atoms with Gasteiger partial charge in [0.1, 0.15) is 22.4 Å². The van der Waals surface area contributed by atoms with Crippen LogP contribution in [0.5, 0.6) is 11.5 Å². The van der Waals surface area contributed by atoms with Crippen LogP contribution in [-0.2, 0) is 24.8 Å². The smallest absolute Gasteiger partial charge is 0.408 e. The molecule has 15 heteroatoms. The molecule has 36 heavy (non-hydrogen) atoms. The average molecular weight is 568 g/mol. The van der Waals surface area contributed by atoms with Crippen LogP contribution in [0.3, 0.4) is 0 Å². The summed E-state index contributed by atoms with van der Waals surface area (Å²) in [6.45, 7) is 5.05. The van der Waals surface area contributed by atoms with Crippen molar-refractivity contribution >= 4 is 46.6 Å². The largest absolute Gasteiger partial charge is 0.492 e. The van der Waals surface area contributed by atoms with Gasteiger partial charge in [-0.3, -0.25) is 9.52 Å². The summed E-state index contributed by atoms with van der Waals surface area (Å²) in [7, 11) is -6.70. The zero-order valence-electron chi connectivity index (χ0n) is 19.9. The molecule has 0 aliphatic heterocycles. The van der Waals surface area contributed by atoms with Crippen molar-refractivity contribution in [3.63, 3.8) is 0 Å². The van der Waals surface area contributed by atoms with Crippen molar-refractivity contribution < 1.29 is 39.9 Å². The summed E-state index contributed by atoms with van der Waals surface area (Å²) < 4.78 is 89.9. The fourth-order valence-corrected chi connectivity index (χ4v) is 5.16. The van der Waals surface area contributed by atoms with E-state index in [4.69, 9.17) is 4.74 Å². The predicted molar refractivity (Wildman–Crippen MR) is 135 cm³/mol. The maximum atomic E-state index is 13.1. The number of carbonyl (C=O) groups is 1. The van der Waals surface area contributed by atoms with Crippen LogP contribution in [0.25, 0.3) is 0 Å². The molecule has 1 amide bonds. The highest BCUT2D eigenvalue weighted by molar-refractivity contribution is 7.92. The van der Waals surface area contributed by atoms with Crippen molar-refractivity contribution in [2.45, 2.75) is 37.6 Å². The van der Waals surface area contributed by atoms with E-state index in [-0.39, 0.29) is 40.3 Å². The number of halogens is 2. The van der Waals surface area contributed by atoms with E-state index in [0.29, 0.717) is 0 Å². The number of nitrogens with one attached hydrogen (secondary N) is 3. The number of rotatable bonds is 12. The standard InChI is InChI=1S/C21H28F2N3O7PS2/c1-5-32-17-12-14(24-20(27)19(13(2)3)26-35(4,28)29)9-10-18(17)36(30,31)25-15-7-6-8-16(11-15)33-21(22,23)34/h6-13,19,25-26H,5,34H2,1-4H3,(H,24,27)/t19-/m0/s1. The third kappa shape index (κ3) is 9.16. The van der Waals surface area contributed by atoms with Crippen molar-refractivity contribution in [2.24, 2.45) is 5.92 Å². The molecule has 2 atom stereocenters. The molecular formula is C21H28F2N3O7PS2. The first-order chi connectivity index (χ1) is 16.5. The lowest BCUT2D eigenvalue weighted by molar-refractivity contribution is -0.118. The number of carbonyl (C=O) groups excluding carboxylic acids is 1. The van der Waals surface area contributed by atoms with E-state index in [1.165, 1.54) is 45.6 Å².